The molecule has 6 nitrogen and oxygen atoms in total. The molecule has 0 saturated carbocycles. The third kappa shape index (κ3) is 2.68. The number of hydrogen-bond acceptors (Lipinski definition) is 5. The molecular weight excluding hydrogens is 268 g/mol. The van der Waals surface area contributed by atoms with E-state index < -0.39 is 0 Å². The third-order valence-electron chi connectivity index (χ3n) is 4.20. The number of pyridine rings is 1. The Hall–Kier alpha value is -1.82. The van der Waals surface area contributed by atoms with Crippen molar-refractivity contribution in [1.29, 1.82) is 0 Å². The summed E-state index contributed by atoms with van der Waals surface area (Å²) < 4.78 is 0. The van der Waals surface area contributed by atoms with Crippen LogP contribution in [0.15, 0.2) is 6.07 Å². The highest BCUT2D eigenvalue weighted by Gasteiger charge is 2.27. The van der Waals surface area contributed by atoms with E-state index in [1.165, 1.54) is 12.8 Å². The van der Waals surface area contributed by atoms with Crippen LogP contribution in [0.3, 0.4) is 0 Å². The summed E-state index contributed by atoms with van der Waals surface area (Å²) >= 11 is 0. The largest absolute Gasteiger partial charge is 0.395 e. The van der Waals surface area contributed by atoms with Crippen molar-refractivity contribution < 1.29 is 9.90 Å². The maximum Gasteiger partial charge on any atom is 0.257 e. The fourth-order valence-electron chi connectivity index (χ4n) is 3.01. The summed E-state index contributed by atoms with van der Waals surface area (Å²) in [6.07, 6.45) is 3.24. The number of nitrogens with one attached hydrogen (secondary N) is 1. The lowest BCUT2D eigenvalue weighted by atomic mass is 10.00. The van der Waals surface area contributed by atoms with Gasteiger partial charge >= 0.3 is 0 Å². The molecule has 2 aliphatic heterocycles. The van der Waals surface area contributed by atoms with Crippen LogP contribution in [0.1, 0.15) is 28.8 Å². The number of amides is 1. The monoisotopic (exact) mass is 290 g/mol. The smallest absolute Gasteiger partial charge is 0.257 e. The van der Waals surface area contributed by atoms with Gasteiger partial charge in [-0.15, -0.1) is 0 Å². The second-order valence-electron chi connectivity index (χ2n) is 5.68. The van der Waals surface area contributed by atoms with Gasteiger partial charge in [-0.05, 0) is 30.9 Å². The van der Waals surface area contributed by atoms with Crippen molar-refractivity contribution in [2.24, 2.45) is 0 Å². The van der Waals surface area contributed by atoms with Crippen LogP contribution in [0.25, 0.3) is 0 Å². The molecule has 114 valence electrons. The van der Waals surface area contributed by atoms with Gasteiger partial charge in [0, 0.05) is 33.2 Å². The zero-order chi connectivity index (χ0) is 14.8. The number of nitrogens with zero attached hydrogens (tertiary/aromatic N) is 3. The highest BCUT2D eigenvalue weighted by atomic mass is 16.3. The molecule has 1 fully saturated rings. The lowest BCUT2D eigenvalue weighted by Gasteiger charge is -2.28. The summed E-state index contributed by atoms with van der Waals surface area (Å²) in [5.41, 5.74) is 1.73. The summed E-state index contributed by atoms with van der Waals surface area (Å²) in [5.74, 6) is 1.57. The summed E-state index contributed by atoms with van der Waals surface area (Å²) in [4.78, 5) is 21.0. The predicted octanol–water partition coefficient (Wildman–Crippen LogP) is 0.714. The number of aliphatic hydroxyl groups is 1. The van der Waals surface area contributed by atoms with Crippen LogP contribution in [0, 0.1) is 0 Å². The first-order chi connectivity index (χ1) is 10.2. The van der Waals surface area contributed by atoms with E-state index in [1.807, 2.05) is 7.05 Å². The number of rotatable bonds is 4. The summed E-state index contributed by atoms with van der Waals surface area (Å²) in [6, 6.07) is 2.07. The SMILES string of the molecule is CN1CCc2cc(N3CCCC3)nc(NCCO)c2C1=O. The summed E-state index contributed by atoms with van der Waals surface area (Å²) in [6.45, 7) is 3.22. The second kappa shape index (κ2) is 5.89. The van der Waals surface area contributed by atoms with Crippen molar-refractivity contribution in [1.82, 2.24) is 9.88 Å². The van der Waals surface area contributed by atoms with Crippen LogP contribution in [0.5, 0.6) is 0 Å². The highest BCUT2D eigenvalue weighted by Crippen LogP contribution is 2.29. The number of hydrogen-bond donors (Lipinski definition) is 2. The van der Waals surface area contributed by atoms with Gasteiger partial charge in [-0.2, -0.15) is 0 Å². The fraction of sp³-hybridized carbons (Fsp3) is 0.600. The van der Waals surface area contributed by atoms with Gasteiger partial charge in [0.2, 0.25) is 0 Å². The van der Waals surface area contributed by atoms with E-state index in [2.05, 4.69) is 21.3 Å². The molecule has 0 atom stereocenters. The Morgan fingerprint density at radius 3 is 2.81 bits per heavy atom. The first-order valence-corrected chi connectivity index (χ1v) is 7.60. The van der Waals surface area contributed by atoms with Crippen LogP contribution in [-0.2, 0) is 6.42 Å². The molecule has 3 rings (SSSR count). The molecule has 0 spiro atoms. The van der Waals surface area contributed by atoms with Gasteiger partial charge < -0.3 is 20.2 Å². The summed E-state index contributed by atoms with van der Waals surface area (Å²) in [5, 5.41) is 12.1. The maximum atomic E-state index is 12.4. The molecule has 3 heterocycles. The molecule has 0 aromatic carbocycles. The molecule has 1 aromatic heterocycles. The van der Waals surface area contributed by atoms with Crippen molar-refractivity contribution in [3.8, 4) is 0 Å². The Kier molecular flexibility index (Phi) is 3.96. The minimum Gasteiger partial charge on any atom is -0.395 e. The van der Waals surface area contributed by atoms with Gasteiger partial charge in [-0.3, -0.25) is 4.79 Å². The molecule has 0 radical (unpaired) electrons. The molecule has 6 heteroatoms. The maximum absolute atomic E-state index is 12.4. The van der Waals surface area contributed by atoms with Crippen LogP contribution in [0.2, 0.25) is 0 Å². The van der Waals surface area contributed by atoms with E-state index in [9.17, 15) is 4.79 Å². The lowest BCUT2D eigenvalue weighted by molar-refractivity contribution is 0.0781. The molecule has 1 saturated heterocycles. The molecule has 0 aliphatic carbocycles. The Balaban J connectivity index is 2.00. The van der Waals surface area contributed by atoms with Crippen LogP contribution >= 0.6 is 0 Å². The average molecular weight is 290 g/mol. The zero-order valence-electron chi connectivity index (χ0n) is 12.4. The van der Waals surface area contributed by atoms with E-state index in [4.69, 9.17) is 5.11 Å². The quantitative estimate of drug-likeness (QED) is 0.855. The standard InChI is InChI=1S/C15H22N4O2/c1-18-8-4-11-10-12(19-6-2-3-7-19)17-14(16-5-9-20)13(11)15(18)21/h10,20H,2-9H2,1H3,(H,16,17). The molecule has 0 unspecified atom stereocenters. The number of aliphatic hydroxyl groups excluding tert-OH is 1. The van der Waals surface area contributed by atoms with Crippen LogP contribution in [-0.4, -0.2) is 60.7 Å². The van der Waals surface area contributed by atoms with Gasteiger partial charge in [-0.25, -0.2) is 4.98 Å². The minimum atomic E-state index is 0.0113. The Bertz CT molecular complexity index is 541. The Labute approximate surface area is 124 Å². The van der Waals surface area contributed by atoms with E-state index >= 15 is 0 Å². The predicted molar refractivity (Wildman–Crippen MR) is 81.9 cm³/mol. The third-order valence-corrected chi connectivity index (χ3v) is 4.20. The molecular formula is C15H22N4O2. The number of fused-ring (bicyclic) bond motifs is 1. The first-order valence-electron chi connectivity index (χ1n) is 7.60. The van der Waals surface area contributed by atoms with Gasteiger partial charge in [-0.1, -0.05) is 0 Å². The molecule has 2 aliphatic rings. The number of carbonyl (C=O) groups is 1. The Morgan fingerprint density at radius 2 is 2.10 bits per heavy atom. The summed E-state index contributed by atoms with van der Waals surface area (Å²) in [7, 11) is 1.81. The molecule has 2 N–H and O–H groups in total. The van der Waals surface area contributed by atoms with E-state index in [1.54, 1.807) is 4.90 Å². The first kappa shape index (κ1) is 14.1. The molecule has 1 aromatic rings. The van der Waals surface area contributed by atoms with E-state index in [-0.39, 0.29) is 12.5 Å². The molecule has 0 bridgehead atoms. The Morgan fingerprint density at radius 1 is 1.33 bits per heavy atom. The normalized spacial score (nSPS) is 18.1. The van der Waals surface area contributed by atoms with Crippen molar-refractivity contribution in [3.63, 3.8) is 0 Å². The number of anilines is 2. The topological polar surface area (TPSA) is 68.7 Å². The second-order valence-corrected chi connectivity index (χ2v) is 5.68. The van der Waals surface area contributed by atoms with Gasteiger partial charge in [0.1, 0.15) is 11.6 Å². The van der Waals surface area contributed by atoms with Gasteiger partial charge in [0.15, 0.2) is 0 Å². The van der Waals surface area contributed by atoms with Gasteiger partial charge in [0.05, 0.1) is 12.2 Å². The minimum absolute atomic E-state index is 0.0113. The van der Waals surface area contributed by atoms with Crippen LogP contribution < -0.4 is 10.2 Å². The van der Waals surface area contributed by atoms with Gasteiger partial charge in [0.25, 0.3) is 5.91 Å². The number of carbonyl (C=O) groups excluding carboxylic acids is 1. The van der Waals surface area contributed by atoms with Crippen molar-refractivity contribution in [3.05, 3.63) is 17.2 Å². The zero-order valence-corrected chi connectivity index (χ0v) is 12.4. The molecule has 1 amide bonds. The lowest BCUT2D eigenvalue weighted by Crippen LogP contribution is -2.35. The van der Waals surface area contributed by atoms with Crippen molar-refractivity contribution in [2.75, 3.05) is 50.1 Å². The van der Waals surface area contributed by atoms with Crippen molar-refractivity contribution >= 4 is 17.5 Å². The van der Waals surface area contributed by atoms with Crippen molar-refractivity contribution in [2.45, 2.75) is 19.3 Å². The number of likely N-dealkylation sites (N-methyl/N-ethyl adjacent to an activating group) is 1. The highest BCUT2D eigenvalue weighted by molar-refractivity contribution is 6.01. The van der Waals surface area contributed by atoms with E-state index in [0.29, 0.717) is 17.9 Å². The average Bonchev–Trinajstić information content (AvgIpc) is 3.02. The fourth-order valence-corrected chi connectivity index (χ4v) is 3.01. The van der Waals surface area contributed by atoms with E-state index in [0.717, 1.165) is 37.4 Å². The van der Waals surface area contributed by atoms with Crippen LogP contribution in [0.4, 0.5) is 11.6 Å². The number of aromatic nitrogens is 1. The molecule has 21 heavy (non-hydrogen) atoms.